The topological polar surface area (TPSA) is 38.1 Å². The van der Waals surface area contributed by atoms with Crippen LogP contribution in [-0.4, -0.2) is 34.0 Å². The molecule has 1 amide bonds. The molecule has 0 atom stereocenters. The number of hydrogen-bond acceptors (Lipinski definition) is 2. The van der Waals surface area contributed by atoms with Crippen LogP contribution in [0.5, 0.6) is 0 Å². The Morgan fingerprint density at radius 2 is 2.00 bits per heavy atom. The van der Waals surface area contributed by atoms with E-state index in [1.807, 2.05) is 42.1 Å². The maximum atomic E-state index is 12.3. The molecule has 0 spiro atoms. The molecule has 0 bridgehead atoms. The van der Waals surface area contributed by atoms with Crippen molar-refractivity contribution in [2.75, 3.05) is 13.6 Å². The molecular weight excluding hydrogens is 250 g/mol. The van der Waals surface area contributed by atoms with Gasteiger partial charge < -0.3 is 9.47 Å². The highest BCUT2D eigenvalue weighted by Gasteiger charge is 2.11. The molecule has 0 N–H and O–H groups in total. The molecule has 0 aliphatic rings. The van der Waals surface area contributed by atoms with Crippen LogP contribution in [0.3, 0.4) is 0 Å². The lowest BCUT2D eigenvalue weighted by Gasteiger charge is -2.18. The average molecular weight is 271 g/mol. The van der Waals surface area contributed by atoms with Gasteiger partial charge in [-0.2, -0.15) is 0 Å². The van der Waals surface area contributed by atoms with E-state index in [0.29, 0.717) is 5.92 Å². The molecule has 1 heterocycles. The monoisotopic (exact) mass is 271 g/mol. The van der Waals surface area contributed by atoms with Crippen molar-refractivity contribution < 1.29 is 4.79 Å². The molecule has 2 aromatic rings. The zero-order valence-corrected chi connectivity index (χ0v) is 12.3. The molecule has 0 unspecified atom stereocenters. The summed E-state index contributed by atoms with van der Waals surface area (Å²) in [4.78, 5) is 18.1. The van der Waals surface area contributed by atoms with Crippen molar-refractivity contribution in [3.63, 3.8) is 0 Å². The molecule has 1 aromatic heterocycles. The Balaban J connectivity index is 2.04. The second-order valence-corrected chi connectivity index (χ2v) is 5.43. The minimum absolute atomic E-state index is 0.0721. The van der Waals surface area contributed by atoms with E-state index in [0.717, 1.165) is 24.2 Å². The van der Waals surface area contributed by atoms with E-state index in [1.165, 1.54) is 0 Å². The quantitative estimate of drug-likeness (QED) is 0.838. The predicted octanol–water partition coefficient (Wildman–Crippen LogP) is 2.99. The maximum Gasteiger partial charge on any atom is 0.253 e. The van der Waals surface area contributed by atoms with Gasteiger partial charge in [0.2, 0.25) is 0 Å². The zero-order valence-electron chi connectivity index (χ0n) is 12.3. The van der Waals surface area contributed by atoms with E-state index < -0.39 is 0 Å². The van der Waals surface area contributed by atoms with Crippen molar-refractivity contribution >= 4 is 5.91 Å². The Bertz CT molecular complexity index is 544. The first kappa shape index (κ1) is 14.3. The van der Waals surface area contributed by atoms with Crippen molar-refractivity contribution in [3.8, 4) is 5.69 Å². The minimum atomic E-state index is 0.0721. The van der Waals surface area contributed by atoms with Crippen molar-refractivity contribution in [2.45, 2.75) is 20.3 Å². The third-order valence-electron chi connectivity index (χ3n) is 3.31. The normalized spacial score (nSPS) is 10.8. The Morgan fingerprint density at radius 3 is 2.55 bits per heavy atom. The molecule has 4 nitrogen and oxygen atoms in total. The van der Waals surface area contributed by atoms with Gasteiger partial charge in [0.15, 0.2) is 0 Å². The fourth-order valence-electron chi connectivity index (χ4n) is 1.96. The molecule has 0 aliphatic carbocycles. The molecule has 0 saturated heterocycles. The second kappa shape index (κ2) is 6.37. The van der Waals surface area contributed by atoms with E-state index in [9.17, 15) is 4.79 Å². The van der Waals surface area contributed by atoms with Crippen LogP contribution in [0.1, 0.15) is 30.6 Å². The van der Waals surface area contributed by atoms with E-state index in [2.05, 4.69) is 18.8 Å². The lowest BCUT2D eigenvalue weighted by atomic mass is 10.1. The van der Waals surface area contributed by atoms with E-state index in [4.69, 9.17) is 0 Å². The zero-order chi connectivity index (χ0) is 14.5. The molecule has 106 valence electrons. The number of rotatable bonds is 5. The highest BCUT2D eigenvalue weighted by atomic mass is 16.2. The van der Waals surface area contributed by atoms with Crippen LogP contribution in [0.25, 0.3) is 5.69 Å². The summed E-state index contributed by atoms with van der Waals surface area (Å²) in [6.07, 6.45) is 6.38. The van der Waals surface area contributed by atoms with Gasteiger partial charge in [-0.15, -0.1) is 0 Å². The molecule has 2 rings (SSSR count). The molecular formula is C16H21N3O. The molecule has 0 saturated carbocycles. The fraction of sp³-hybridized carbons (Fsp3) is 0.375. The molecule has 0 aliphatic heterocycles. The first-order valence-electron chi connectivity index (χ1n) is 6.92. The first-order valence-corrected chi connectivity index (χ1v) is 6.92. The summed E-state index contributed by atoms with van der Waals surface area (Å²) in [5.41, 5.74) is 1.73. The molecule has 20 heavy (non-hydrogen) atoms. The Kier molecular flexibility index (Phi) is 4.56. The van der Waals surface area contributed by atoms with Gasteiger partial charge in [-0.1, -0.05) is 13.8 Å². The number of imidazole rings is 1. The lowest BCUT2D eigenvalue weighted by Crippen LogP contribution is -2.28. The Labute approximate surface area is 120 Å². The van der Waals surface area contributed by atoms with Crippen LogP contribution in [0.15, 0.2) is 43.0 Å². The summed E-state index contributed by atoms with van der Waals surface area (Å²) < 4.78 is 1.91. The number of aromatic nitrogens is 2. The van der Waals surface area contributed by atoms with Gasteiger partial charge in [0.05, 0.1) is 6.33 Å². The minimum Gasteiger partial charge on any atom is -0.342 e. The average Bonchev–Trinajstić information content (AvgIpc) is 2.98. The number of amides is 1. The van der Waals surface area contributed by atoms with Gasteiger partial charge in [-0.05, 0) is 36.6 Å². The van der Waals surface area contributed by atoms with Crippen molar-refractivity contribution in [3.05, 3.63) is 48.5 Å². The predicted molar refractivity (Wildman–Crippen MR) is 80.0 cm³/mol. The third-order valence-corrected chi connectivity index (χ3v) is 3.31. The van der Waals surface area contributed by atoms with E-state index >= 15 is 0 Å². The number of carbonyl (C=O) groups is 1. The second-order valence-electron chi connectivity index (χ2n) is 5.43. The molecule has 0 fully saturated rings. The number of hydrogen-bond donors (Lipinski definition) is 0. The summed E-state index contributed by atoms with van der Waals surface area (Å²) in [6.45, 7) is 5.12. The van der Waals surface area contributed by atoms with Crippen LogP contribution < -0.4 is 0 Å². The number of benzene rings is 1. The highest BCUT2D eigenvalue weighted by molar-refractivity contribution is 5.94. The van der Waals surface area contributed by atoms with E-state index in [-0.39, 0.29) is 5.91 Å². The van der Waals surface area contributed by atoms with Crippen molar-refractivity contribution in [2.24, 2.45) is 5.92 Å². The van der Waals surface area contributed by atoms with Crippen molar-refractivity contribution in [1.82, 2.24) is 14.5 Å². The lowest BCUT2D eigenvalue weighted by molar-refractivity contribution is 0.0789. The van der Waals surface area contributed by atoms with Crippen molar-refractivity contribution in [1.29, 1.82) is 0 Å². The highest BCUT2D eigenvalue weighted by Crippen LogP contribution is 2.11. The summed E-state index contributed by atoms with van der Waals surface area (Å²) >= 11 is 0. The number of carbonyl (C=O) groups excluding carboxylic acids is 1. The summed E-state index contributed by atoms with van der Waals surface area (Å²) in [6, 6.07) is 7.60. The van der Waals surface area contributed by atoms with Crippen LogP contribution in [0.4, 0.5) is 0 Å². The van der Waals surface area contributed by atoms with Crippen LogP contribution >= 0.6 is 0 Å². The Morgan fingerprint density at radius 1 is 1.30 bits per heavy atom. The van der Waals surface area contributed by atoms with Gasteiger partial charge in [0.25, 0.3) is 5.91 Å². The summed E-state index contributed by atoms with van der Waals surface area (Å²) in [7, 11) is 1.86. The Hall–Kier alpha value is -2.10. The van der Waals surface area contributed by atoms with Gasteiger partial charge >= 0.3 is 0 Å². The molecule has 1 aromatic carbocycles. The number of nitrogens with zero attached hydrogens (tertiary/aromatic N) is 3. The van der Waals surface area contributed by atoms with Crippen LogP contribution in [0, 0.1) is 5.92 Å². The van der Waals surface area contributed by atoms with Gasteiger partial charge in [-0.3, -0.25) is 4.79 Å². The molecule has 0 radical (unpaired) electrons. The largest absolute Gasteiger partial charge is 0.342 e. The molecule has 4 heteroatoms. The fourth-order valence-corrected chi connectivity index (χ4v) is 1.96. The summed E-state index contributed by atoms with van der Waals surface area (Å²) in [5, 5.41) is 0. The van der Waals surface area contributed by atoms with Gasteiger partial charge in [-0.25, -0.2) is 4.98 Å². The van der Waals surface area contributed by atoms with Gasteiger partial charge in [0, 0.05) is 37.2 Å². The smallest absolute Gasteiger partial charge is 0.253 e. The van der Waals surface area contributed by atoms with Crippen LogP contribution in [0.2, 0.25) is 0 Å². The standard InChI is InChI=1S/C16H21N3O/c1-13(2)8-10-18(3)16(20)14-4-6-15(7-5-14)19-11-9-17-12-19/h4-7,9,11-13H,8,10H2,1-3H3. The summed E-state index contributed by atoms with van der Waals surface area (Å²) in [5.74, 6) is 0.677. The maximum absolute atomic E-state index is 12.3. The SMILES string of the molecule is CC(C)CCN(C)C(=O)c1ccc(-n2ccnc2)cc1. The first-order chi connectivity index (χ1) is 9.58. The van der Waals surface area contributed by atoms with E-state index in [1.54, 1.807) is 17.4 Å². The van der Waals surface area contributed by atoms with Crippen LogP contribution in [-0.2, 0) is 0 Å². The van der Waals surface area contributed by atoms with Gasteiger partial charge in [0.1, 0.15) is 0 Å². The third kappa shape index (κ3) is 3.47.